The first-order valence-corrected chi connectivity index (χ1v) is 3.59. The van der Waals surface area contributed by atoms with Crippen LogP contribution in [0.5, 0.6) is 0 Å². The van der Waals surface area contributed by atoms with Gasteiger partial charge in [-0.2, -0.15) is 0 Å². The van der Waals surface area contributed by atoms with Gasteiger partial charge in [-0.1, -0.05) is 0 Å². The van der Waals surface area contributed by atoms with Crippen molar-refractivity contribution in [2.45, 2.75) is 25.0 Å². The van der Waals surface area contributed by atoms with Crippen LogP contribution in [0.3, 0.4) is 0 Å². The molecule has 1 rings (SSSR count). The highest BCUT2D eigenvalue weighted by Gasteiger charge is 2.31. The minimum Gasteiger partial charge on any atom is -0.393 e. The van der Waals surface area contributed by atoms with E-state index in [1.807, 2.05) is 0 Å². The van der Waals surface area contributed by atoms with Crippen molar-refractivity contribution in [3.63, 3.8) is 0 Å². The molecule has 2 N–H and O–H groups in total. The summed E-state index contributed by atoms with van der Waals surface area (Å²) in [6.45, 7) is 0.554. The van der Waals surface area contributed by atoms with E-state index in [1.54, 1.807) is 7.11 Å². The number of hydrogen-bond acceptors (Lipinski definition) is 3. The molecule has 1 fully saturated rings. The fourth-order valence-electron chi connectivity index (χ4n) is 1.47. The zero-order chi connectivity index (χ0) is 7.56. The third kappa shape index (κ3) is 1.68. The van der Waals surface area contributed by atoms with Crippen LogP contribution in [-0.4, -0.2) is 36.1 Å². The molecule has 1 aliphatic rings. The second-order valence-corrected chi connectivity index (χ2v) is 2.91. The zero-order valence-corrected chi connectivity index (χ0v) is 6.16. The molecule has 10 heavy (non-hydrogen) atoms. The average Bonchev–Trinajstić information content (AvgIpc) is 2.13. The third-order valence-corrected chi connectivity index (χ3v) is 2.01. The molecule has 3 atom stereocenters. The smallest absolute Gasteiger partial charge is 0.0615 e. The third-order valence-electron chi connectivity index (χ3n) is 2.01. The maximum atomic E-state index is 9.25. The number of hydrogen-bond donors (Lipinski definition) is 2. The molecule has 0 aromatic heterocycles. The minimum absolute atomic E-state index is 0.139. The summed E-state index contributed by atoms with van der Waals surface area (Å²) in [4.78, 5) is 0. The number of ether oxygens (including phenoxy) is 1. The number of rotatable bonds is 2. The van der Waals surface area contributed by atoms with Crippen LogP contribution in [0.25, 0.3) is 0 Å². The standard InChI is InChI=1S/C7H14O3/c1-10-4-5-2-6(8)3-7(5)9/h5-9H,2-4H2,1H3. The van der Waals surface area contributed by atoms with Crippen molar-refractivity contribution in [2.75, 3.05) is 13.7 Å². The van der Waals surface area contributed by atoms with Crippen LogP contribution in [0.15, 0.2) is 0 Å². The van der Waals surface area contributed by atoms with Crippen molar-refractivity contribution in [2.24, 2.45) is 5.92 Å². The normalized spacial score (nSPS) is 40.5. The van der Waals surface area contributed by atoms with Gasteiger partial charge in [0.1, 0.15) is 0 Å². The summed E-state index contributed by atoms with van der Waals surface area (Å²) in [5.74, 6) is 0.139. The Labute approximate surface area is 60.6 Å². The Kier molecular flexibility index (Phi) is 2.65. The van der Waals surface area contributed by atoms with E-state index in [2.05, 4.69) is 0 Å². The largest absolute Gasteiger partial charge is 0.393 e. The van der Waals surface area contributed by atoms with Gasteiger partial charge in [-0.3, -0.25) is 0 Å². The fraction of sp³-hybridized carbons (Fsp3) is 1.00. The van der Waals surface area contributed by atoms with E-state index in [-0.39, 0.29) is 18.1 Å². The Morgan fingerprint density at radius 1 is 1.40 bits per heavy atom. The topological polar surface area (TPSA) is 49.7 Å². The molecule has 1 saturated carbocycles. The molecule has 1 aliphatic carbocycles. The van der Waals surface area contributed by atoms with Crippen LogP contribution >= 0.6 is 0 Å². The van der Waals surface area contributed by atoms with E-state index in [0.29, 0.717) is 19.4 Å². The first kappa shape index (κ1) is 7.98. The number of aliphatic hydroxyl groups excluding tert-OH is 2. The molecular weight excluding hydrogens is 132 g/mol. The van der Waals surface area contributed by atoms with Gasteiger partial charge in [0.25, 0.3) is 0 Å². The van der Waals surface area contributed by atoms with Crippen molar-refractivity contribution < 1.29 is 14.9 Å². The molecular formula is C7H14O3. The molecule has 0 bridgehead atoms. The second kappa shape index (κ2) is 3.32. The Bertz CT molecular complexity index is 105. The van der Waals surface area contributed by atoms with Crippen LogP contribution in [-0.2, 0) is 4.74 Å². The highest BCUT2D eigenvalue weighted by atomic mass is 16.5. The molecule has 0 saturated heterocycles. The SMILES string of the molecule is COCC1CC(O)CC1O. The second-order valence-electron chi connectivity index (χ2n) is 2.91. The predicted octanol–water partition coefficient (Wildman–Crippen LogP) is -0.235. The summed E-state index contributed by atoms with van der Waals surface area (Å²) in [6.07, 6.45) is 0.494. The van der Waals surface area contributed by atoms with Crippen molar-refractivity contribution >= 4 is 0 Å². The van der Waals surface area contributed by atoms with Crippen molar-refractivity contribution in [3.8, 4) is 0 Å². The van der Waals surface area contributed by atoms with E-state index >= 15 is 0 Å². The Morgan fingerprint density at radius 3 is 2.50 bits per heavy atom. The molecule has 0 heterocycles. The molecule has 0 aromatic rings. The molecule has 0 radical (unpaired) electrons. The molecule has 0 spiro atoms. The van der Waals surface area contributed by atoms with Crippen LogP contribution in [0.1, 0.15) is 12.8 Å². The summed E-state index contributed by atoms with van der Waals surface area (Å²) < 4.78 is 4.87. The lowest BCUT2D eigenvalue weighted by molar-refractivity contribution is 0.0681. The lowest BCUT2D eigenvalue weighted by Gasteiger charge is -2.11. The van der Waals surface area contributed by atoms with E-state index < -0.39 is 0 Å². The lowest BCUT2D eigenvalue weighted by atomic mass is 10.1. The zero-order valence-electron chi connectivity index (χ0n) is 6.16. The highest BCUT2D eigenvalue weighted by Crippen LogP contribution is 2.25. The van der Waals surface area contributed by atoms with Crippen LogP contribution in [0.2, 0.25) is 0 Å². The van der Waals surface area contributed by atoms with Crippen LogP contribution in [0, 0.1) is 5.92 Å². The molecule has 60 valence electrons. The average molecular weight is 146 g/mol. The lowest BCUT2D eigenvalue weighted by Crippen LogP contribution is -2.17. The first-order chi connectivity index (χ1) is 4.74. The maximum Gasteiger partial charge on any atom is 0.0615 e. The van der Waals surface area contributed by atoms with E-state index in [1.165, 1.54) is 0 Å². The Morgan fingerprint density at radius 2 is 2.10 bits per heavy atom. The summed E-state index contributed by atoms with van der Waals surface area (Å²) in [6, 6.07) is 0. The summed E-state index contributed by atoms with van der Waals surface area (Å²) in [5, 5.41) is 18.3. The molecule has 0 aliphatic heterocycles. The Hall–Kier alpha value is -0.120. The minimum atomic E-state index is -0.366. The van der Waals surface area contributed by atoms with Gasteiger partial charge in [-0.15, -0.1) is 0 Å². The van der Waals surface area contributed by atoms with Gasteiger partial charge in [0.05, 0.1) is 18.8 Å². The number of aliphatic hydroxyl groups is 2. The predicted molar refractivity (Wildman–Crippen MR) is 36.6 cm³/mol. The van der Waals surface area contributed by atoms with Gasteiger partial charge in [-0.25, -0.2) is 0 Å². The quantitative estimate of drug-likeness (QED) is 0.565. The van der Waals surface area contributed by atoms with Crippen LogP contribution in [0.4, 0.5) is 0 Å². The van der Waals surface area contributed by atoms with Gasteiger partial charge in [0.15, 0.2) is 0 Å². The summed E-state index contributed by atoms with van der Waals surface area (Å²) in [5.41, 5.74) is 0. The van der Waals surface area contributed by atoms with Crippen molar-refractivity contribution in [1.29, 1.82) is 0 Å². The maximum absolute atomic E-state index is 9.25. The highest BCUT2D eigenvalue weighted by molar-refractivity contribution is 4.82. The van der Waals surface area contributed by atoms with Gasteiger partial charge in [0, 0.05) is 13.0 Å². The van der Waals surface area contributed by atoms with Crippen LogP contribution < -0.4 is 0 Å². The van der Waals surface area contributed by atoms with E-state index in [9.17, 15) is 5.11 Å². The first-order valence-electron chi connectivity index (χ1n) is 3.59. The molecule has 3 nitrogen and oxygen atoms in total. The van der Waals surface area contributed by atoms with Gasteiger partial charge < -0.3 is 14.9 Å². The van der Waals surface area contributed by atoms with Crippen molar-refractivity contribution in [1.82, 2.24) is 0 Å². The van der Waals surface area contributed by atoms with Gasteiger partial charge in [-0.05, 0) is 12.8 Å². The van der Waals surface area contributed by atoms with Gasteiger partial charge in [0.2, 0.25) is 0 Å². The molecule has 3 heteroatoms. The summed E-state index contributed by atoms with van der Waals surface area (Å²) >= 11 is 0. The van der Waals surface area contributed by atoms with E-state index in [0.717, 1.165) is 0 Å². The number of methoxy groups -OCH3 is 1. The fourth-order valence-corrected chi connectivity index (χ4v) is 1.47. The van der Waals surface area contributed by atoms with Crippen molar-refractivity contribution in [3.05, 3.63) is 0 Å². The monoisotopic (exact) mass is 146 g/mol. The molecule has 3 unspecified atom stereocenters. The molecule has 0 aromatic carbocycles. The Balaban J connectivity index is 2.31. The van der Waals surface area contributed by atoms with E-state index in [4.69, 9.17) is 9.84 Å². The van der Waals surface area contributed by atoms with Gasteiger partial charge >= 0.3 is 0 Å². The summed E-state index contributed by atoms with van der Waals surface area (Å²) in [7, 11) is 1.61. The molecule has 0 amide bonds.